The third-order valence-corrected chi connectivity index (χ3v) is 5.38. The number of thiazole rings is 1. The zero-order valence-electron chi connectivity index (χ0n) is 14.1. The molecular formula is C18H22N2O3S. The molecule has 3 rings (SSSR count). The first-order valence-corrected chi connectivity index (χ1v) is 9.01. The summed E-state index contributed by atoms with van der Waals surface area (Å²) in [6, 6.07) is 5.29. The molecule has 0 saturated carbocycles. The van der Waals surface area contributed by atoms with Crippen molar-refractivity contribution in [2.24, 2.45) is 0 Å². The van der Waals surface area contributed by atoms with Crippen LogP contribution in [0.25, 0.3) is 0 Å². The van der Waals surface area contributed by atoms with Crippen LogP contribution >= 0.6 is 11.3 Å². The summed E-state index contributed by atoms with van der Waals surface area (Å²) >= 11 is 1.79. The zero-order valence-corrected chi connectivity index (χ0v) is 14.9. The van der Waals surface area contributed by atoms with E-state index >= 15 is 0 Å². The third-order valence-electron chi connectivity index (χ3n) is 4.16. The molecule has 0 atom stereocenters. The van der Waals surface area contributed by atoms with Gasteiger partial charge in [0, 0.05) is 17.8 Å². The van der Waals surface area contributed by atoms with E-state index < -0.39 is 0 Å². The standard InChI is InChI=1S/C18H22N2O3S/c1-22-14-8-5-6-12(17(14)23-2)18(21)19-11-10-16-20-13-7-3-4-9-15(13)24-16/h5-6,8H,3-4,7,9-11H2,1-2H3,(H,19,21). The molecule has 1 heterocycles. The summed E-state index contributed by atoms with van der Waals surface area (Å²) < 4.78 is 10.5. The van der Waals surface area contributed by atoms with Crippen molar-refractivity contribution < 1.29 is 14.3 Å². The van der Waals surface area contributed by atoms with Crippen LogP contribution in [0.3, 0.4) is 0 Å². The summed E-state index contributed by atoms with van der Waals surface area (Å²) in [6.07, 6.45) is 5.51. The summed E-state index contributed by atoms with van der Waals surface area (Å²) in [4.78, 5) is 18.5. The largest absolute Gasteiger partial charge is 0.493 e. The second-order valence-corrected chi connectivity index (χ2v) is 6.90. The Labute approximate surface area is 146 Å². The van der Waals surface area contributed by atoms with Crippen LogP contribution in [0.15, 0.2) is 18.2 Å². The fourth-order valence-corrected chi connectivity index (χ4v) is 4.11. The fourth-order valence-electron chi connectivity index (χ4n) is 2.96. The number of benzene rings is 1. The molecule has 0 saturated heterocycles. The van der Waals surface area contributed by atoms with Crippen molar-refractivity contribution in [1.29, 1.82) is 0 Å². The van der Waals surface area contributed by atoms with Gasteiger partial charge in [-0.1, -0.05) is 6.07 Å². The predicted octanol–water partition coefficient (Wildman–Crippen LogP) is 3.01. The van der Waals surface area contributed by atoms with E-state index in [9.17, 15) is 4.79 Å². The Balaban J connectivity index is 1.61. The molecule has 0 spiro atoms. The van der Waals surface area contributed by atoms with E-state index in [-0.39, 0.29) is 5.91 Å². The number of nitrogens with zero attached hydrogens (tertiary/aromatic N) is 1. The third kappa shape index (κ3) is 3.53. The molecular weight excluding hydrogens is 324 g/mol. The molecule has 1 aromatic heterocycles. The molecule has 1 aromatic carbocycles. The normalized spacial score (nSPS) is 13.2. The van der Waals surface area contributed by atoms with Crippen LogP contribution in [-0.4, -0.2) is 31.7 Å². The number of hydrogen-bond donors (Lipinski definition) is 1. The number of aryl methyl sites for hydroxylation is 2. The molecule has 5 nitrogen and oxygen atoms in total. The van der Waals surface area contributed by atoms with Crippen molar-refractivity contribution in [3.05, 3.63) is 39.3 Å². The molecule has 1 N–H and O–H groups in total. The highest BCUT2D eigenvalue weighted by Crippen LogP contribution is 2.30. The molecule has 24 heavy (non-hydrogen) atoms. The van der Waals surface area contributed by atoms with Crippen LogP contribution in [-0.2, 0) is 19.3 Å². The number of amides is 1. The number of fused-ring (bicyclic) bond motifs is 1. The van der Waals surface area contributed by atoms with Crippen LogP contribution in [0.4, 0.5) is 0 Å². The summed E-state index contributed by atoms with van der Waals surface area (Å²) in [5, 5.41) is 4.06. The van der Waals surface area contributed by atoms with Crippen molar-refractivity contribution in [2.75, 3.05) is 20.8 Å². The molecule has 0 unspecified atom stereocenters. The zero-order chi connectivity index (χ0) is 16.9. The Hall–Kier alpha value is -2.08. The Bertz CT molecular complexity index is 704. The molecule has 128 valence electrons. The first kappa shape index (κ1) is 16.8. The average Bonchev–Trinajstić information content (AvgIpc) is 3.03. The second-order valence-electron chi connectivity index (χ2n) is 5.73. The summed E-state index contributed by atoms with van der Waals surface area (Å²) in [6.45, 7) is 0.561. The Morgan fingerprint density at radius 2 is 2.08 bits per heavy atom. The van der Waals surface area contributed by atoms with Crippen molar-refractivity contribution in [3.8, 4) is 11.5 Å². The van der Waals surface area contributed by atoms with Gasteiger partial charge in [0.15, 0.2) is 11.5 Å². The monoisotopic (exact) mass is 346 g/mol. The molecule has 0 fully saturated rings. The van der Waals surface area contributed by atoms with Gasteiger partial charge >= 0.3 is 0 Å². The number of methoxy groups -OCH3 is 2. The van der Waals surface area contributed by atoms with Gasteiger partial charge in [-0.25, -0.2) is 4.98 Å². The quantitative estimate of drug-likeness (QED) is 0.873. The van der Waals surface area contributed by atoms with Gasteiger partial charge in [-0.2, -0.15) is 0 Å². The molecule has 0 radical (unpaired) electrons. The summed E-state index contributed by atoms with van der Waals surface area (Å²) in [7, 11) is 3.10. The second kappa shape index (κ2) is 7.66. The molecule has 2 aromatic rings. The molecule has 1 amide bonds. The van der Waals surface area contributed by atoms with Gasteiger partial charge in [0.2, 0.25) is 0 Å². The average molecular weight is 346 g/mol. The van der Waals surface area contributed by atoms with E-state index in [0.717, 1.165) is 24.3 Å². The van der Waals surface area contributed by atoms with Crippen molar-refractivity contribution in [3.63, 3.8) is 0 Å². The lowest BCUT2D eigenvalue weighted by Crippen LogP contribution is -2.26. The first-order valence-electron chi connectivity index (χ1n) is 8.19. The van der Waals surface area contributed by atoms with E-state index in [2.05, 4.69) is 5.32 Å². The molecule has 1 aliphatic carbocycles. The summed E-state index contributed by atoms with van der Waals surface area (Å²) in [5.74, 6) is 0.854. The Morgan fingerprint density at radius 3 is 2.83 bits per heavy atom. The minimum absolute atomic E-state index is 0.160. The van der Waals surface area contributed by atoms with Crippen molar-refractivity contribution in [1.82, 2.24) is 10.3 Å². The topological polar surface area (TPSA) is 60.5 Å². The molecule has 0 aliphatic heterocycles. The smallest absolute Gasteiger partial charge is 0.255 e. The van der Waals surface area contributed by atoms with Gasteiger partial charge in [-0.05, 0) is 37.8 Å². The number of ether oxygens (including phenoxy) is 2. The number of aromatic nitrogens is 1. The number of carbonyl (C=O) groups excluding carboxylic acids is 1. The minimum Gasteiger partial charge on any atom is -0.493 e. The summed E-state index contributed by atoms with van der Waals surface area (Å²) in [5.41, 5.74) is 1.75. The van der Waals surface area contributed by atoms with E-state index in [4.69, 9.17) is 14.5 Å². The molecule has 6 heteroatoms. The first-order chi connectivity index (χ1) is 11.7. The van der Waals surface area contributed by atoms with Gasteiger partial charge in [-0.15, -0.1) is 11.3 Å². The lowest BCUT2D eigenvalue weighted by molar-refractivity contribution is 0.0950. The highest BCUT2D eigenvalue weighted by Gasteiger charge is 2.17. The van der Waals surface area contributed by atoms with Crippen LogP contribution in [0, 0.1) is 0 Å². The van der Waals surface area contributed by atoms with Gasteiger partial charge < -0.3 is 14.8 Å². The number of para-hydroxylation sites is 1. The number of rotatable bonds is 6. The fraction of sp³-hybridized carbons (Fsp3) is 0.444. The SMILES string of the molecule is COc1cccc(C(=O)NCCc2nc3c(s2)CCCC3)c1OC. The van der Waals surface area contributed by atoms with Crippen LogP contribution < -0.4 is 14.8 Å². The van der Waals surface area contributed by atoms with Gasteiger partial charge in [-0.3, -0.25) is 4.79 Å². The number of hydrogen-bond acceptors (Lipinski definition) is 5. The van der Waals surface area contributed by atoms with Crippen molar-refractivity contribution >= 4 is 17.2 Å². The van der Waals surface area contributed by atoms with Crippen LogP contribution in [0.5, 0.6) is 11.5 Å². The predicted molar refractivity (Wildman–Crippen MR) is 94.3 cm³/mol. The maximum absolute atomic E-state index is 12.4. The van der Waals surface area contributed by atoms with Gasteiger partial charge in [0.1, 0.15) is 0 Å². The van der Waals surface area contributed by atoms with E-state index in [1.54, 1.807) is 36.6 Å². The lowest BCUT2D eigenvalue weighted by Gasteiger charge is -2.12. The van der Waals surface area contributed by atoms with E-state index in [1.165, 1.54) is 30.5 Å². The van der Waals surface area contributed by atoms with Crippen LogP contribution in [0.2, 0.25) is 0 Å². The Kier molecular flexibility index (Phi) is 5.35. The number of carbonyl (C=O) groups is 1. The number of nitrogens with one attached hydrogen (secondary N) is 1. The Morgan fingerprint density at radius 1 is 1.25 bits per heavy atom. The van der Waals surface area contributed by atoms with Gasteiger partial charge in [0.05, 0.1) is 30.5 Å². The van der Waals surface area contributed by atoms with Gasteiger partial charge in [0.25, 0.3) is 5.91 Å². The highest BCUT2D eigenvalue weighted by atomic mass is 32.1. The van der Waals surface area contributed by atoms with E-state index in [0.29, 0.717) is 23.6 Å². The highest BCUT2D eigenvalue weighted by molar-refractivity contribution is 7.11. The van der Waals surface area contributed by atoms with E-state index in [1.807, 2.05) is 0 Å². The maximum atomic E-state index is 12.4. The molecule has 0 bridgehead atoms. The minimum atomic E-state index is -0.160. The lowest BCUT2D eigenvalue weighted by atomic mass is 10.0. The van der Waals surface area contributed by atoms with Crippen LogP contribution in [0.1, 0.15) is 38.8 Å². The van der Waals surface area contributed by atoms with Crippen molar-refractivity contribution in [2.45, 2.75) is 32.1 Å². The maximum Gasteiger partial charge on any atom is 0.255 e. The molecule has 1 aliphatic rings.